The van der Waals surface area contributed by atoms with Gasteiger partial charge in [0.15, 0.2) is 0 Å². The third-order valence-corrected chi connectivity index (χ3v) is 2.87. The molecule has 0 atom stereocenters. The molecule has 5 nitrogen and oxygen atoms in total. The van der Waals surface area contributed by atoms with E-state index in [2.05, 4.69) is 15.7 Å². The van der Waals surface area contributed by atoms with Crippen LogP contribution in [0.4, 0.5) is 20.2 Å². The molecule has 0 aliphatic carbocycles. The molecular formula is C14H16F2N4O. The van der Waals surface area contributed by atoms with Crippen LogP contribution in [0.5, 0.6) is 0 Å². The van der Waals surface area contributed by atoms with Crippen LogP contribution in [-0.4, -0.2) is 22.2 Å². The minimum Gasteiger partial charge on any atom is -0.381 e. The number of benzene rings is 1. The molecule has 0 spiro atoms. The molecule has 1 amide bonds. The fourth-order valence-corrected chi connectivity index (χ4v) is 1.85. The zero-order chi connectivity index (χ0) is 15.4. The summed E-state index contributed by atoms with van der Waals surface area (Å²) in [5.74, 6) is -2.19. The number of hydrogen-bond donors (Lipinski definition) is 2. The van der Waals surface area contributed by atoms with Crippen LogP contribution in [0.15, 0.2) is 24.5 Å². The smallest absolute Gasteiger partial charge is 0.255 e. The number of anilines is 2. The number of rotatable bonds is 5. The maximum atomic E-state index is 13.8. The molecule has 0 unspecified atom stereocenters. The number of amides is 1. The van der Waals surface area contributed by atoms with Gasteiger partial charge in [-0.1, -0.05) is 0 Å². The normalized spacial score (nSPS) is 10.5. The van der Waals surface area contributed by atoms with Gasteiger partial charge in [0.25, 0.3) is 5.91 Å². The molecule has 1 aromatic carbocycles. The van der Waals surface area contributed by atoms with Crippen LogP contribution < -0.4 is 10.6 Å². The summed E-state index contributed by atoms with van der Waals surface area (Å²) >= 11 is 0. The summed E-state index contributed by atoms with van der Waals surface area (Å²) in [6.07, 6.45) is 3.11. The lowest BCUT2D eigenvalue weighted by Gasteiger charge is -2.09. The Morgan fingerprint density at radius 1 is 1.29 bits per heavy atom. The largest absolute Gasteiger partial charge is 0.381 e. The first-order chi connectivity index (χ1) is 10.0. The minimum absolute atomic E-state index is 0.0871. The van der Waals surface area contributed by atoms with E-state index in [1.54, 1.807) is 17.8 Å². The predicted molar refractivity (Wildman–Crippen MR) is 76.4 cm³/mol. The zero-order valence-corrected chi connectivity index (χ0v) is 11.8. The van der Waals surface area contributed by atoms with Crippen LogP contribution >= 0.6 is 0 Å². The third kappa shape index (κ3) is 3.36. The van der Waals surface area contributed by atoms with Crippen molar-refractivity contribution in [2.24, 2.45) is 0 Å². The lowest BCUT2D eigenvalue weighted by molar-refractivity contribution is 0.102. The second-order valence-electron chi connectivity index (χ2n) is 4.38. The standard InChI is InChI=1S/C14H16F2N4O/c1-3-17-13-11(15)5-9(6-12(13)16)14(21)19-10-7-18-20(4-2)8-10/h5-8,17H,3-4H2,1-2H3,(H,19,21). The van der Waals surface area contributed by atoms with Gasteiger partial charge in [-0.3, -0.25) is 9.48 Å². The highest BCUT2D eigenvalue weighted by Gasteiger charge is 2.15. The highest BCUT2D eigenvalue weighted by atomic mass is 19.1. The van der Waals surface area contributed by atoms with Gasteiger partial charge >= 0.3 is 0 Å². The van der Waals surface area contributed by atoms with Crippen molar-refractivity contribution in [3.8, 4) is 0 Å². The topological polar surface area (TPSA) is 59.0 Å². The Morgan fingerprint density at radius 2 is 1.95 bits per heavy atom. The number of carbonyl (C=O) groups excluding carboxylic acids is 1. The van der Waals surface area contributed by atoms with Crippen LogP contribution in [0.3, 0.4) is 0 Å². The molecule has 0 radical (unpaired) electrons. The summed E-state index contributed by atoms with van der Waals surface area (Å²) < 4.78 is 29.1. The predicted octanol–water partition coefficient (Wildman–Crippen LogP) is 2.87. The fourth-order valence-electron chi connectivity index (χ4n) is 1.85. The summed E-state index contributed by atoms with van der Waals surface area (Å²) in [5, 5.41) is 9.12. The second-order valence-corrected chi connectivity index (χ2v) is 4.38. The van der Waals surface area contributed by atoms with Crippen molar-refractivity contribution >= 4 is 17.3 Å². The Labute approximate surface area is 121 Å². The molecule has 0 fully saturated rings. The molecule has 0 aliphatic rings. The van der Waals surface area contributed by atoms with Crippen molar-refractivity contribution in [2.75, 3.05) is 17.2 Å². The Balaban J connectivity index is 2.19. The van der Waals surface area contributed by atoms with Gasteiger partial charge < -0.3 is 10.6 Å². The summed E-state index contributed by atoms with van der Waals surface area (Å²) in [7, 11) is 0. The van der Waals surface area contributed by atoms with Gasteiger partial charge in [0, 0.05) is 24.8 Å². The van der Waals surface area contributed by atoms with Crippen molar-refractivity contribution in [3.63, 3.8) is 0 Å². The monoisotopic (exact) mass is 294 g/mol. The maximum absolute atomic E-state index is 13.8. The quantitative estimate of drug-likeness (QED) is 0.891. The Kier molecular flexibility index (Phi) is 4.52. The Bertz CT molecular complexity index is 631. The van der Waals surface area contributed by atoms with E-state index in [4.69, 9.17) is 0 Å². The third-order valence-electron chi connectivity index (χ3n) is 2.87. The number of nitrogens with zero attached hydrogens (tertiary/aromatic N) is 2. The van der Waals surface area contributed by atoms with Crippen LogP contribution in [0.25, 0.3) is 0 Å². The highest BCUT2D eigenvalue weighted by Crippen LogP contribution is 2.21. The van der Waals surface area contributed by atoms with Crippen LogP contribution in [-0.2, 0) is 6.54 Å². The van der Waals surface area contributed by atoms with E-state index in [9.17, 15) is 13.6 Å². The van der Waals surface area contributed by atoms with E-state index in [0.717, 1.165) is 12.1 Å². The molecule has 1 aromatic heterocycles. The summed E-state index contributed by atoms with van der Waals surface area (Å²) in [6.45, 7) is 4.68. The first-order valence-electron chi connectivity index (χ1n) is 6.61. The van der Waals surface area contributed by atoms with Crippen molar-refractivity contribution in [1.29, 1.82) is 0 Å². The van der Waals surface area contributed by atoms with Gasteiger partial charge in [0.05, 0.1) is 11.9 Å². The first-order valence-corrected chi connectivity index (χ1v) is 6.61. The molecule has 0 aliphatic heterocycles. The van der Waals surface area contributed by atoms with Crippen LogP contribution in [0.1, 0.15) is 24.2 Å². The Morgan fingerprint density at radius 3 is 2.48 bits per heavy atom. The van der Waals surface area contributed by atoms with Crippen LogP contribution in [0.2, 0.25) is 0 Å². The van der Waals surface area contributed by atoms with E-state index in [1.165, 1.54) is 6.20 Å². The fraction of sp³-hybridized carbons (Fsp3) is 0.286. The van der Waals surface area contributed by atoms with Gasteiger partial charge in [-0.2, -0.15) is 5.10 Å². The average molecular weight is 294 g/mol. The van der Waals surface area contributed by atoms with Crippen molar-refractivity contribution in [1.82, 2.24) is 9.78 Å². The summed E-state index contributed by atoms with van der Waals surface area (Å²) in [5.41, 5.74) is 0.155. The van der Waals surface area contributed by atoms with Gasteiger partial charge in [0.1, 0.15) is 17.3 Å². The molecule has 2 rings (SSSR count). The molecule has 0 saturated carbocycles. The molecule has 0 saturated heterocycles. The highest BCUT2D eigenvalue weighted by molar-refractivity contribution is 6.04. The van der Waals surface area contributed by atoms with Gasteiger partial charge in [-0.05, 0) is 26.0 Å². The van der Waals surface area contributed by atoms with E-state index in [0.29, 0.717) is 18.8 Å². The van der Waals surface area contributed by atoms with E-state index in [1.807, 2.05) is 6.92 Å². The van der Waals surface area contributed by atoms with Crippen molar-refractivity contribution < 1.29 is 13.6 Å². The summed E-state index contributed by atoms with van der Waals surface area (Å²) in [4.78, 5) is 12.0. The summed E-state index contributed by atoms with van der Waals surface area (Å²) in [6, 6.07) is 2.00. The van der Waals surface area contributed by atoms with E-state index < -0.39 is 17.5 Å². The maximum Gasteiger partial charge on any atom is 0.255 e. The molecule has 112 valence electrons. The van der Waals surface area contributed by atoms with Gasteiger partial charge in [-0.25, -0.2) is 8.78 Å². The van der Waals surface area contributed by atoms with Gasteiger partial charge in [-0.15, -0.1) is 0 Å². The SMILES string of the molecule is CCNc1c(F)cc(C(=O)Nc2cnn(CC)c2)cc1F. The lowest BCUT2D eigenvalue weighted by atomic mass is 10.1. The zero-order valence-electron chi connectivity index (χ0n) is 11.8. The number of halogens is 2. The van der Waals surface area contributed by atoms with Crippen LogP contribution in [0, 0.1) is 11.6 Å². The van der Waals surface area contributed by atoms with E-state index >= 15 is 0 Å². The molecule has 1 heterocycles. The molecule has 21 heavy (non-hydrogen) atoms. The average Bonchev–Trinajstić information content (AvgIpc) is 2.90. The van der Waals surface area contributed by atoms with Gasteiger partial charge in [0.2, 0.25) is 0 Å². The minimum atomic E-state index is -0.800. The first kappa shape index (κ1) is 15.0. The molecule has 0 bridgehead atoms. The molecule has 2 N–H and O–H groups in total. The van der Waals surface area contributed by atoms with Crippen molar-refractivity contribution in [2.45, 2.75) is 20.4 Å². The Hall–Kier alpha value is -2.44. The second kappa shape index (κ2) is 6.34. The lowest BCUT2D eigenvalue weighted by Crippen LogP contribution is -2.13. The number of nitrogens with one attached hydrogen (secondary N) is 2. The molecule has 2 aromatic rings. The number of carbonyl (C=O) groups is 1. The molecule has 7 heteroatoms. The number of aromatic nitrogens is 2. The number of aryl methyl sites for hydroxylation is 1. The van der Waals surface area contributed by atoms with Crippen molar-refractivity contribution in [3.05, 3.63) is 41.7 Å². The molecular weight excluding hydrogens is 278 g/mol. The van der Waals surface area contributed by atoms with E-state index in [-0.39, 0.29) is 11.3 Å². The number of hydrogen-bond acceptors (Lipinski definition) is 3.